The maximum absolute atomic E-state index is 11.9. The van der Waals surface area contributed by atoms with E-state index in [0.29, 0.717) is 12.1 Å². The second-order valence-electron chi connectivity index (χ2n) is 4.80. The fourth-order valence-corrected chi connectivity index (χ4v) is 2.55. The molecule has 1 amide bonds. The maximum atomic E-state index is 11.9. The molecule has 5 nitrogen and oxygen atoms in total. The van der Waals surface area contributed by atoms with Gasteiger partial charge in [0, 0.05) is 25.2 Å². The van der Waals surface area contributed by atoms with E-state index in [1.807, 2.05) is 20.9 Å². The first-order chi connectivity index (χ1) is 8.79. The Morgan fingerprint density at radius 2 is 1.83 bits per heavy atom. The van der Waals surface area contributed by atoms with E-state index in [1.54, 1.807) is 0 Å². The minimum absolute atomic E-state index is 0.134. The summed E-state index contributed by atoms with van der Waals surface area (Å²) in [6.07, 6.45) is 4.28. The topological polar surface area (TPSA) is 65.2 Å². The summed E-state index contributed by atoms with van der Waals surface area (Å²) < 4.78 is 0. The molecule has 1 saturated carbocycles. The van der Waals surface area contributed by atoms with Crippen molar-refractivity contribution >= 4 is 5.91 Å². The summed E-state index contributed by atoms with van der Waals surface area (Å²) in [5.41, 5.74) is 6.08. The van der Waals surface area contributed by atoms with E-state index < -0.39 is 0 Å². The summed E-state index contributed by atoms with van der Waals surface area (Å²) in [5.74, 6) is 0.352. The normalized spacial score (nSPS) is 31.4. The number of hydrogen-bond acceptors (Lipinski definition) is 4. The zero-order valence-corrected chi connectivity index (χ0v) is 11.9. The molecule has 2 aliphatic rings. The van der Waals surface area contributed by atoms with Gasteiger partial charge < -0.3 is 10.6 Å². The molecule has 3 unspecified atom stereocenters. The van der Waals surface area contributed by atoms with E-state index in [2.05, 4.69) is 21.5 Å². The third-order valence-electron chi connectivity index (χ3n) is 3.65. The smallest absolute Gasteiger partial charge is 0.224 e. The molecule has 2 fully saturated rings. The van der Waals surface area contributed by atoms with Crippen LogP contribution in [0.5, 0.6) is 0 Å². The Morgan fingerprint density at radius 3 is 2.39 bits per heavy atom. The van der Waals surface area contributed by atoms with Crippen LogP contribution in [-0.4, -0.2) is 38.1 Å². The van der Waals surface area contributed by atoms with Crippen molar-refractivity contribution in [2.45, 2.75) is 51.6 Å². The number of rotatable bonds is 3. The highest BCUT2D eigenvalue weighted by atomic mass is 16.2. The van der Waals surface area contributed by atoms with E-state index in [4.69, 9.17) is 0 Å². The summed E-state index contributed by atoms with van der Waals surface area (Å²) in [4.78, 5) is 11.9. The molecule has 1 aliphatic carbocycles. The largest absolute Gasteiger partial charge is 0.353 e. The molecule has 0 radical (unpaired) electrons. The van der Waals surface area contributed by atoms with Gasteiger partial charge >= 0.3 is 0 Å². The quantitative estimate of drug-likeness (QED) is 0.589. The summed E-state index contributed by atoms with van der Waals surface area (Å²) in [6.45, 7) is 5.62. The molecule has 18 heavy (non-hydrogen) atoms. The number of hydrogen-bond donors (Lipinski definition) is 4. The van der Waals surface area contributed by atoms with E-state index in [0.717, 1.165) is 32.4 Å². The number of carbonyl (C=O) groups excluding carboxylic acids is 1. The lowest BCUT2D eigenvalue weighted by Gasteiger charge is -2.24. The van der Waals surface area contributed by atoms with Crippen LogP contribution >= 0.6 is 0 Å². The molecule has 4 N–H and O–H groups in total. The highest BCUT2D eigenvalue weighted by Crippen LogP contribution is 2.19. The van der Waals surface area contributed by atoms with Gasteiger partial charge in [-0.05, 0) is 32.7 Å². The van der Waals surface area contributed by atoms with Gasteiger partial charge in [-0.1, -0.05) is 13.8 Å². The number of nitrogens with one attached hydrogen (secondary N) is 4. The van der Waals surface area contributed by atoms with Gasteiger partial charge in [0.2, 0.25) is 5.91 Å². The van der Waals surface area contributed by atoms with Crippen molar-refractivity contribution in [1.82, 2.24) is 21.5 Å². The summed E-state index contributed by atoms with van der Waals surface area (Å²) in [7, 11) is 1.99. The van der Waals surface area contributed by atoms with Gasteiger partial charge in [0.05, 0.1) is 5.92 Å². The van der Waals surface area contributed by atoms with Crippen LogP contribution < -0.4 is 21.5 Å². The van der Waals surface area contributed by atoms with Crippen molar-refractivity contribution in [3.63, 3.8) is 0 Å². The van der Waals surface area contributed by atoms with Crippen molar-refractivity contribution in [2.24, 2.45) is 5.92 Å². The molecular weight excluding hydrogens is 228 g/mol. The SMILES string of the molecule is CC.CNC1CCC(NC(=O)C2CCNNC2)C1. The second kappa shape index (κ2) is 8.45. The molecule has 1 aliphatic heterocycles. The van der Waals surface area contributed by atoms with Crippen molar-refractivity contribution < 1.29 is 4.79 Å². The minimum Gasteiger partial charge on any atom is -0.353 e. The van der Waals surface area contributed by atoms with Crippen LogP contribution in [0.25, 0.3) is 0 Å². The van der Waals surface area contributed by atoms with Crippen LogP contribution in [-0.2, 0) is 4.79 Å². The van der Waals surface area contributed by atoms with Crippen molar-refractivity contribution in [2.75, 3.05) is 20.1 Å². The van der Waals surface area contributed by atoms with Gasteiger partial charge in [-0.2, -0.15) is 0 Å². The Hall–Kier alpha value is -0.650. The van der Waals surface area contributed by atoms with Gasteiger partial charge in [0.1, 0.15) is 0 Å². The molecule has 0 bridgehead atoms. The van der Waals surface area contributed by atoms with Crippen LogP contribution in [0.15, 0.2) is 0 Å². The molecule has 0 aromatic rings. The van der Waals surface area contributed by atoms with Crippen LogP contribution in [0.3, 0.4) is 0 Å². The van der Waals surface area contributed by atoms with Gasteiger partial charge in [-0.3, -0.25) is 15.6 Å². The zero-order chi connectivity index (χ0) is 13.4. The standard InChI is InChI=1S/C11H22N4O.C2H6/c1-12-9-2-3-10(6-9)15-11(16)8-4-5-13-14-7-8;1-2/h8-10,12-14H,2-7H2,1H3,(H,15,16);1-2H3. The highest BCUT2D eigenvalue weighted by molar-refractivity contribution is 5.79. The predicted molar refractivity (Wildman–Crippen MR) is 74.1 cm³/mol. The van der Waals surface area contributed by atoms with Crippen LogP contribution in [0.2, 0.25) is 0 Å². The molecule has 5 heteroatoms. The van der Waals surface area contributed by atoms with Crippen molar-refractivity contribution in [3.8, 4) is 0 Å². The first-order valence-electron chi connectivity index (χ1n) is 7.23. The highest BCUT2D eigenvalue weighted by Gasteiger charge is 2.27. The summed E-state index contributed by atoms with van der Waals surface area (Å²) in [5, 5.41) is 6.44. The van der Waals surface area contributed by atoms with Gasteiger partial charge in [0.15, 0.2) is 0 Å². The Labute approximate surface area is 110 Å². The Morgan fingerprint density at radius 1 is 1.11 bits per heavy atom. The average molecular weight is 256 g/mol. The fourth-order valence-electron chi connectivity index (χ4n) is 2.55. The summed E-state index contributed by atoms with van der Waals surface area (Å²) >= 11 is 0. The van der Waals surface area contributed by atoms with Gasteiger partial charge in [-0.25, -0.2) is 0 Å². The third kappa shape index (κ3) is 4.55. The molecular formula is C13H28N4O. The van der Waals surface area contributed by atoms with E-state index >= 15 is 0 Å². The van der Waals surface area contributed by atoms with E-state index in [1.165, 1.54) is 6.42 Å². The Bertz CT molecular complexity index is 241. The zero-order valence-electron chi connectivity index (χ0n) is 11.9. The minimum atomic E-state index is 0.134. The Balaban J connectivity index is 0.000000771. The monoisotopic (exact) mass is 256 g/mol. The lowest BCUT2D eigenvalue weighted by molar-refractivity contribution is -0.126. The molecule has 0 spiro atoms. The Kier molecular flexibility index (Phi) is 7.23. The summed E-state index contributed by atoms with van der Waals surface area (Å²) in [6, 6.07) is 0.955. The van der Waals surface area contributed by atoms with Crippen molar-refractivity contribution in [3.05, 3.63) is 0 Å². The molecule has 106 valence electrons. The first-order valence-corrected chi connectivity index (χ1v) is 7.23. The van der Waals surface area contributed by atoms with Crippen LogP contribution in [0.1, 0.15) is 39.5 Å². The van der Waals surface area contributed by atoms with Gasteiger partial charge in [-0.15, -0.1) is 0 Å². The first kappa shape index (κ1) is 15.4. The van der Waals surface area contributed by atoms with Crippen molar-refractivity contribution in [1.29, 1.82) is 0 Å². The molecule has 1 heterocycles. The number of carbonyl (C=O) groups is 1. The van der Waals surface area contributed by atoms with Crippen LogP contribution in [0, 0.1) is 5.92 Å². The van der Waals surface area contributed by atoms with Crippen LogP contribution in [0.4, 0.5) is 0 Å². The number of amides is 1. The van der Waals surface area contributed by atoms with Gasteiger partial charge in [0.25, 0.3) is 0 Å². The fraction of sp³-hybridized carbons (Fsp3) is 0.923. The van der Waals surface area contributed by atoms with E-state index in [9.17, 15) is 4.79 Å². The predicted octanol–water partition coefficient (Wildman–Crippen LogP) is 0.383. The number of hydrazine groups is 1. The molecule has 2 rings (SSSR count). The molecule has 3 atom stereocenters. The van der Waals surface area contributed by atoms with E-state index in [-0.39, 0.29) is 11.8 Å². The lowest BCUT2D eigenvalue weighted by atomic mass is 10.0. The molecule has 0 aromatic carbocycles. The molecule has 0 aromatic heterocycles. The second-order valence-corrected chi connectivity index (χ2v) is 4.80. The third-order valence-corrected chi connectivity index (χ3v) is 3.65. The average Bonchev–Trinajstić information content (AvgIpc) is 2.89. The molecule has 1 saturated heterocycles. The maximum Gasteiger partial charge on any atom is 0.224 e. The lowest BCUT2D eigenvalue weighted by Crippen LogP contribution is -2.49.